The van der Waals surface area contributed by atoms with Crippen LogP contribution < -0.4 is 10.0 Å². The van der Waals surface area contributed by atoms with Crippen LogP contribution in [0.2, 0.25) is 0 Å². The van der Waals surface area contributed by atoms with Crippen LogP contribution in [0.25, 0.3) is 0 Å². The van der Waals surface area contributed by atoms with Gasteiger partial charge in [-0.3, -0.25) is 9.52 Å². The summed E-state index contributed by atoms with van der Waals surface area (Å²) in [6.07, 6.45) is 4.40. The molecule has 1 saturated carbocycles. The summed E-state index contributed by atoms with van der Waals surface area (Å²) < 4.78 is 27.9. The van der Waals surface area contributed by atoms with Gasteiger partial charge >= 0.3 is 0 Å². The average Bonchev–Trinajstić information content (AvgIpc) is 2.65. The molecule has 2 N–H and O–H groups in total. The van der Waals surface area contributed by atoms with Crippen LogP contribution in [0.4, 0.5) is 5.69 Å². The standard InChI is InChI=1S/C21H26N2O3S/c1-15-10-12-18(13-11-15)23-27(25,26)19-8-5-7-17(14-19)21(24)22-20-9-4-3-6-16(20)2/h5,7-8,10-14,16,20,23H,3-4,6,9H2,1-2H3,(H,22,24)/t16-,20+/m1/s1. The molecule has 2 aromatic carbocycles. The molecule has 0 heterocycles. The van der Waals surface area contributed by atoms with E-state index in [0.29, 0.717) is 17.2 Å². The topological polar surface area (TPSA) is 75.3 Å². The Labute approximate surface area is 161 Å². The molecule has 0 spiro atoms. The van der Waals surface area contributed by atoms with Gasteiger partial charge in [0.15, 0.2) is 0 Å². The number of aryl methyl sites for hydroxylation is 1. The molecule has 144 valence electrons. The second-order valence-corrected chi connectivity index (χ2v) is 9.02. The molecule has 0 bridgehead atoms. The van der Waals surface area contributed by atoms with E-state index in [1.54, 1.807) is 24.3 Å². The van der Waals surface area contributed by atoms with Crippen molar-refractivity contribution < 1.29 is 13.2 Å². The minimum absolute atomic E-state index is 0.0763. The maximum absolute atomic E-state index is 12.7. The third kappa shape index (κ3) is 4.89. The lowest BCUT2D eigenvalue weighted by molar-refractivity contribution is 0.0910. The summed E-state index contributed by atoms with van der Waals surface area (Å²) in [6.45, 7) is 4.09. The van der Waals surface area contributed by atoms with Crippen molar-refractivity contribution in [3.05, 3.63) is 59.7 Å². The molecule has 6 heteroatoms. The zero-order valence-electron chi connectivity index (χ0n) is 15.7. The molecule has 1 aliphatic rings. The number of amides is 1. The second-order valence-electron chi connectivity index (χ2n) is 7.34. The summed E-state index contributed by atoms with van der Waals surface area (Å²) in [4.78, 5) is 12.7. The molecule has 2 aromatic rings. The van der Waals surface area contributed by atoms with Crippen LogP contribution in [-0.4, -0.2) is 20.4 Å². The molecule has 27 heavy (non-hydrogen) atoms. The van der Waals surface area contributed by atoms with Gasteiger partial charge in [-0.15, -0.1) is 0 Å². The van der Waals surface area contributed by atoms with Crippen LogP contribution >= 0.6 is 0 Å². The number of carbonyl (C=O) groups is 1. The number of benzene rings is 2. The molecule has 0 radical (unpaired) electrons. The number of nitrogens with one attached hydrogen (secondary N) is 2. The third-order valence-corrected chi connectivity index (χ3v) is 6.52. The molecule has 0 aliphatic heterocycles. The van der Waals surface area contributed by atoms with Gasteiger partial charge in [-0.05, 0) is 56.0 Å². The van der Waals surface area contributed by atoms with Crippen LogP contribution in [0.15, 0.2) is 53.4 Å². The van der Waals surface area contributed by atoms with Gasteiger partial charge in [0, 0.05) is 17.3 Å². The predicted octanol–water partition coefficient (Wildman–Crippen LogP) is 4.10. The summed E-state index contributed by atoms with van der Waals surface area (Å²) >= 11 is 0. The second kappa shape index (κ2) is 8.13. The van der Waals surface area contributed by atoms with E-state index in [-0.39, 0.29) is 16.8 Å². The molecule has 0 unspecified atom stereocenters. The Hall–Kier alpha value is -2.34. The number of anilines is 1. The van der Waals surface area contributed by atoms with E-state index in [0.717, 1.165) is 24.8 Å². The molecule has 1 aliphatic carbocycles. The van der Waals surface area contributed by atoms with Crippen molar-refractivity contribution in [3.8, 4) is 0 Å². The molecule has 2 atom stereocenters. The van der Waals surface area contributed by atoms with Crippen LogP contribution in [-0.2, 0) is 10.0 Å². The summed E-state index contributed by atoms with van der Waals surface area (Å²) in [7, 11) is -3.76. The van der Waals surface area contributed by atoms with E-state index in [9.17, 15) is 13.2 Å². The van der Waals surface area contributed by atoms with Crippen LogP contribution in [0.5, 0.6) is 0 Å². The van der Waals surface area contributed by atoms with E-state index < -0.39 is 10.0 Å². The first-order chi connectivity index (χ1) is 12.8. The summed E-state index contributed by atoms with van der Waals surface area (Å²) in [5.74, 6) is 0.221. The number of hydrogen-bond acceptors (Lipinski definition) is 3. The average molecular weight is 387 g/mol. The number of rotatable bonds is 5. The third-order valence-electron chi connectivity index (χ3n) is 5.14. The van der Waals surface area contributed by atoms with Crippen molar-refractivity contribution in [2.45, 2.75) is 50.5 Å². The molecule has 1 fully saturated rings. The molecule has 1 amide bonds. The highest BCUT2D eigenvalue weighted by Crippen LogP contribution is 2.24. The van der Waals surface area contributed by atoms with Crippen molar-refractivity contribution >= 4 is 21.6 Å². The van der Waals surface area contributed by atoms with Gasteiger partial charge in [-0.2, -0.15) is 0 Å². The first-order valence-electron chi connectivity index (χ1n) is 9.35. The molecule has 0 saturated heterocycles. The zero-order valence-corrected chi connectivity index (χ0v) is 16.6. The maximum Gasteiger partial charge on any atom is 0.261 e. The Morgan fingerprint density at radius 1 is 1.04 bits per heavy atom. The SMILES string of the molecule is Cc1ccc(NS(=O)(=O)c2cccc(C(=O)N[C@H]3CCCC[C@H]3C)c2)cc1. The van der Waals surface area contributed by atoms with Crippen molar-refractivity contribution in [1.29, 1.82) is 0 Å². The largest absolute Gasteiger partial charge is 0.349 e. The van der Waals surface area contributed by atoms with E-state index in [4.69, 9.17) is 0 Å². The summed E-state index contributed by atoms with van der Waals surface area (Å²) in [5, 5.41) is 3.07. The van der Waals surface area contributed by atoms with Gasteiger partial charge in [0.2, 0.25) is 0 Å². The Morgan fingerprint density at radius 2 is 1.74 bits per heavy atom. The predicted molar refractivity (Wildman–Crippen MR) is 107 cm³/mol. The van der Waals surface area contributed by atoms with Gasteiger partial charge in [0.25, 0.3) is 15.9 Å². The van der Waals surface area contributed by atoms with E-state index >= 15 is 0 Å². The lowest BCUT2D eigenvalue weighted by atomic mass is 9.86. The van der Waals surface area contributed by atoms with Gasteiger partial charge < -0.3 is 5.32 Å². The fourth-order valence-corrected chi connectivity index (χ4v) is 4.53. The number of carbonyl (C=O) groups excluding carboxylic acids is 1. The zero-order chi connectivity index (χ0) is 19.4. The molecule has 0 aromatic heterocycles. The maximum atomic E-state index is 12.7. The summed E-state index contributed by atoms with van der Waals surface area (Å²) in [5.41, 5.74) is 1.90. The minimum atomic E-state index is -3.76. The van der Waals surface area contributed by atoms with Gasteiger partial charge in [-0.1, -0.05) is 43.5 Å². The van der Waals surface area contributed by atoms with Gasteiger partial charge in [0.1, 0.15) is 0 Å². The fraction of sp³-hybridized carbons (Fsp3) is 0.381. The van der Waals surface area contributed by atoms with Crippen LogP contribution in [0, 0.1) is 12.8 Å². The first-order valence-corrected chi connectivity index (χ1v) is 10.8. The van der Waals surface area contributed by atoms with Crippen molar-refractivity contribution in [1.82, 2.24) is 5.32 Å². The highest BCUT2D eigenvalue weighted by molar-refractivity contribution is 7.92. The molecular formula is C21H26N2O3S. The highest BCUT2D eigenvalue weighted by Gasteiger charge is 2.24. The van der Waals surface area contributed by atoms with Crippen LogP contribution in [0.3, 0.4) is 0 Å². The minimum Gasteiger partial charge on any atom is -0.349 e. The van der Waals surface area contributed by atoms with E-state index in [1.165, 1.54) is 18.6 Å². The monoisotopic (exact) mass is 386 g/mol. The lowest BCUT2D eigenvalue weighted by Crippen LogP contribution is -2.41. The Balaban J connectivity index is 1.75. The Kier molecular flexibility index (Phi) is 5.85. The first kappa shape index (κ1) is 19.4. The molecular weight excluding hydrogens is 360 g/mol. The lowest BCUT2D eigenvalue weighted by Gasteiger charge is -2.29. The fourth-order valence-electron chi connectivity index (χ4n) is 3.42. The van der Waals surface area contributed by atoms with Gasteiger partial charge in [-0.25, -0.2) is 8.42 Å². The van der Waals surface area contributed by atoms with E-state index in [1.807, 2.05) is 19.1 Å². The van der Waals surface area contributed by atoms with Gasteiger partial charge in [0.05, 0.1) is 4.90 Å². The Bertz CT molecular complexity index is 907. The normalized spacial score (nSPS) is 20.1. The number of sulfonamides is 1. The van der Waals surface area contributed by atoms with Crippen molar-refractivity contribution in [3.63, 3.8) is 0 Å². The van der Waals surface area contributed by atoms with E-state index in [2.05, 4.69) is 17.0 Å². The Morgan fingerprint density at radius 3 is 2.44 bits per heavy atom. The van der Waals surface area contributed by atoms with Crippen LogP contribution in [0.1, 0.15) is 48.5 Å². The highest BCUT2D eigenvalue weighted by atomic mass is 32.2. The van der Waals surface area contributed by atoms with Crippen molar-refractivity contribution in [2.75, 3.05) is 4.72 Å². The molecule has 3 rings (SSSR count). The quantitative estimate of drug-likeness (QED) is 0.812. The molecule has 5 nitrogen and oxygen atoms in total. The smallest absolute Gasteiger partial charge is 0.261 e. The van der Waals surface area contributed by atoms with Crippen molar-refractivity contribution in [2.24, 2.45) is 5.92 Å². The summed E-state index contributed by atoms with van der Waals surface area (Å²) in [6, 6.07) is 13.4. The number of hydrogen-bond donors (Lipinski definition) is 2.